The van der Waals surface area contributed by atoms with Crippen LogP contribution in [0, 0.1) is 0 Å². The summed E-state index contributed by atoms with van der Waals surface area (Å²) < 4.78 is 52.4. The quantitative estimate of drug-likeness (QED) is 0.318. The van der Waals surface area contributed by atoms with E-state index in [0.717, 1.165) is 11.6 Å². The molecule has 4 aromatic rings. The summed E-state index contributed by atoms with van der Waals surface area (Å²) in [6, 6.07) is 29.0. The monoisotopic (exact) mass is 420 g/mol. The lowest BCUT2D eigenvalue weighted by atomic mass is 9.99. The summed E-state index contributed by atoms with van der Waals surface area (Å²) in [5.41, 5.74) is 0.923. The minimum atomic E-state index is -4.50. The van der Waals surface area contributed by atoms with E-state index in [1.54, 1.807) is 54.6 Å². The van der Waals surface area contributed by atoms with Crippen LogP contribution in [0.5, 0.6) is 17.2 Å². The number of hydrogen-bond acceptors (Lipinski definition) is 2. The highest BCUT2D eigenvalue weighted by Crippen LogP contribution is 2.40. The molecule has 0 saturated carbocycles. The third-order valence-corrected chi connectivity index (χ3v) is 4.69. The van der Waals surface area contributed by atoms with Crippen LogP contribution in [0.3, 0.4) is 0 Å². The van der Waals surface area contributed by atoms with E-state index in [4.69, 9.17) is 9.47 Å². The number of ether oxygens (including phenoxy) is 2. The molecule has 0 bridgehead atoms. The first-order valence-corrected chi connectivity index (χ1v) is 9.70. The third kappa shape index (κ3) is 5.25. The highest BCUT2D eigenvalue weighted by Gasteiger charge is 2.34. The predicted octanol–water partition coefficient (Wildman–Crippen LogP) is 7.74. The molecule has 4 aromatic carbocycles. The molecule has 156 valence electrons. The maximum absolute atomic E-state index is 13.7. The highest BCUT2D eigenvalue weighted by molar-refractivity contribution is 5.69. The molecule has 31 heavy (non-hydrogen) atoms. The van der Waals surface area contributed by atoms with Crippen molar-refractivity contribution < 1.29 is 22.6 Å². The summed E-state index contributed by atoms with van der Waals surface area (Å²) in [7, 11) is 0. The van der Waals surface area contributed by atoms with E-state index in [9.17, 15) is 13.2 Å². The predicted molar refractivity (Wildman–Crippen MR) is 114 cm³/mol. The molecule has 0 aliphatic rings. The maximum atomic E-state index is 13.7. The Kier molecular flexibility index (Phi) is 5.94. The van der Waals surface area contributed by atoms with Crippen molar-refractivity contribution in [3.05, 3.63) is 114 Å². The molecule has 0 radical (unpaired) electrons. The van der Waals surface area contributed by atoms with Gasteiger partial charge in [-0.2, -0.15) is 13.2 Å². The van der Waals surface area contributed by atoms with E-state index in [0.29, 0.717) is 23.7 Å². The molecule has 0 aliphatic heterocycles. The van der Waals surface area contributed by atoms with Crippen LogP contribution in [-0.4, -0.2) is 0 Å². The molecule has 0 atom stereocenters. The second kappa shape index (κ2) is 8.96. The summed E-state index contributed by atoms with van der Waals surface area (Å²) in [6.07, 6.45) is -4.50. The fourth-order valence-electron chi connectivity index (χ4n) is 3.17. The van der Waals surface area contributed by atoms with Crippen LogP contribution in [0.2, 0.25) is 0 Å². The minimum Gasteiger partial charge on any atom is -0.489 e. The molecule has 5 heteroatoms. The zero-order valence-electron chi connectivity index (χ0n) is 16.5. The molecule has 0 fully saturated rings. The zero-order valence-corrected chi connectivity index (χ0v) is 16.5. The second-order valence-electron chi connectivity index (χ2n) is 6.92. The number of benzene rings is 4. The molecule has 0 unspecified atom stereocenters. The molecule has 0 aromatic heterocycles. The van der Waals surface area contributed by atoms with Gasteiger partial charge in [-0.15, -0.1) is 0 Å². The van der Waals surface area contributed by atoms with E-state index in [1.807, 2.05) is 30.3 Å². The van der Waals surface area contributed by atoms with Gasteiger partial charge >= 0.3 is 6.18 Å². The van der Waals surface area contributed by atoms with Gasteiger partial charge in [0.05, 0.1) is 5.56 Å². The van der Waals surface area contributed by atoms with Crippen LogP contribution < -0.4 is 9.47 Å². The van der Waals surface area contributed by atoms with E-state index < -0.39 is 11.7 Å². The molecule has 2 nitrogen and oxygen atoms in total. The molecule has 0 N–H and O–H groups in total. The van der Waals surface area contributed by atoms with Crippen molar-refractivity contribution in [1.82, 2.24) is 0 Å². The van der Waals surface area contributed by atoms with Crippen molar-refractivity contribution in [2.75, 3.05) is 0 Å². The van der Waals surface area contributed by atoms with Gasteiger partial charge in [0.2, 0.25) is 0 Å². The lowest BCUT2D eigenvalue weighted by Gasteiger charge is -2.15. The smallest absolute Gasteiger partial charge is 0.417 e. The van der Waals surface area contributed by atoms with Crippen LogP contribution in [0.25, 0.3) is 11.1 Å². The first-order valence-electron chi connectivity index (χ1n) is 9.70. The molecular formula is C26H19F3O2. The summed E-state index contributed by atoms with van der Waals surface area (Å²) in [5.74, 6) is 1.18. The summed E-state index contributed by atoms with van der Waals surface area (Å²) in [5, 5.41) is 0. The van der Waals surface area contributed by atoms with Crippen LogP contribution in [-0.2, 0) is 12.8 Å². The highest BCUT2D eigenvalue weighted by atomic mass is 19.4. The molecular weight excluding hydrogens is 401 g/mol. The van der Waals surface area contributed by atoms with E-state index in [-0.39, 0.29) is 11.3 Å². The van der Waals surface area contributed by atoms with Crippen molar-refractivity contribution in [3.63, 3.8) is 0 Å². The van der Waals surface area contributed by atoms with Gasteiger partial charge in [0.25, 0.3) is 0 Å². The summed E-state index contributed by atoms with van der Waals surface area (Å²) >= 11 is 0. The topological polar surface area (TPSA) is 18.5 Å². The largest absolute Gasteiger partial charge is 0.489 e. The fourth-order valence-corrected chi connectivity index (χ4v) is 3.17. The van der Waals surface area contributed by atoms with Crippen molar-refractivity contribution in [2.45, 2.75) is 12.8 Å². The van der Waals surface area contributed by atoms with E-state index in [1.165, 1.54) is 12.1 Å². The number of rotatable bonds is 6. The van der Waals surface area contributed by atoms with Crippen LogP contribution in [0.4, 0.5) is 13.2 Å². The average Bonchev–Trinajstić information content (AvgIpc) is 2.79. The Morgan fingerprint density at radius 1 is 0.613 bits per heavy atom. The van der Waals surface area contributed by atoms with E-state index in [2.05, 4.69) is 0 Å². The first kappa shape index (κ1) is 20.5. The molecule has 0 aliphatic carbocycles. The van der Waals surface area contributed by atoms with Gasteiger partial charge in [-0.1, -0.05) is 66.7 Å². The van der Waals surface area contributed by atoms with Crippen LogP contribution in [0.15, 0.2) is 103 Å². The van der Waals surface area contributed by atoms with Gasteiger partial charge in [-0.3, -0.25) is 0 Å². The first-order chi connectivity index (χ1) is 15.0. The Morgan fingerprint density at radius 3 is 1.84 bits per heavy atom. The Hall–Kier alpha value is -3.73. The molecule has 4 rings (SSSR count). The van der Waals surface area contributed by atoms with Crippen molar-refractivity contribution >= 4 is 0 Å². The number of hydrogen-bond donors (Lipinski definition) is 0. The fraction of sp³-hybridized carbons (Fsp3) is 0.0769. The summed E-state index contributed by atoms with van der Waals surface area (Å²) in [6.45, 7) is 0.428. The van der Waals surface area contributed by atoms with Gasteiger partial charge in [-0.05, 0) is 53.1 Å². The normalized spacial score (nSPS) is 11.2. The maximum Gasteiger partial charge on any atom is 0.417 e. The lowest BCUT2D eigenvalue weighted by Crippen LogP contribution is -2.07. The van der Waals surface area contributed by atoms with Crippen LogP contribution in [0.1, 0.15) is 11.1 Å². The standard InChI is InChI=1S/C26H19F3O2/c27-26(28,29)25-17-23(15-16-24(25)20-9-5-2-6-10-20)31-22-13-11-21(12-14-22)30-18-19-7-3-1-4-8-19/h1-17H,18H2. The van der Waals surface area contributed by atoms with Crippen LogP contribution >= 0.6 is 0 Å². The Bertz CT molecular complexity index is 1120. The van der Waals surface area contributed by atoms with Crippen molar-refractivity contribution in [2.24, 2.45) is 0 Å². The Labute approximate surface area is 178 Å². The average molecular weight is 420 g/mol. The number of halogens is 3. The van der Waals surface area contributed by atoms with Gasteiger partial charge in [-0.25, -0.2) is 0 Å². The van der Waals surface area contributed by atoms with Gasteiger partial charge in [0.15, 0.2) is 0 Å². The Balaban J connectivity index is 1.50. The lowest BCUT2D eigenvalue weighted by molar-refractivity contribution is -0.137. The second-order valence-corrected chi connectivity index (χ2v) is 6.92. The van der Waals surface area contributed by atoms with E-state index >= 15 is 0 Å². The molecule has 0 saturated heterocycles. The Morgan fingerprint density at radius 2 is 1.19 bits per heavy atom. The van der Waals surface area contributed by atoms with Crippen molar-refractivity contribution in [1.29, 1.82) is 0 Å². The zero-order chi connectivity index (χ0) is 21.7. The molecule has 0 amide bonds. The molecule has 0 spiro atoms. The van der Waals surface area contributed by atoms with Crippen molar-refractivity contribution in [3.8, 4) is 28.4 Å². The van der Waals surface area contributed by atoms with Gasteiger partial charge in [0, 0.05) is 0 Å². The minimum absolute atomic E-state index is 0.116. The van der Waals surface area contributed by atoms with Gasteiger partial charge in [0.1, 0.15) is 23.9 Å². The summed E-state index contributed by atoms with van der Waals surface area (Å²) in [4.78, 5) is 0. The molecule has 0 heterocycles. The SMILES string of the molecule is FC(F)(F)c1cc(Oc2ccc(OCc3ccccc3)cc2)ccc1-c1ccccc1. The van der Waals surface area contributed by atoms with Gasteiger partial charge < -0.3 is 9.47 Å². The third-order valence-electron chi connectivity index (χ3n) is 4.69. The number of alkyl halides is 3.